The van der Waals surface area contributed by atoms with Gasteiger partial charge in [-0.05, 0) is 43.3 Å². The molecule has 0 unspecified atom stereocenters. The van der Waals surface area contributed by atoms with Crippen molar-refractivity contribution in [1.29, 1.82) is 0 Å². The highest BCUT2D eigenvalue weighted by atomic mass is 16.5. The molecule has 1 amide bonds. The maximum atomic E-state index is 12.7. The largest absolute Gasteiger partial charge is 0.497 e. The first-order valence-electron chi connectivity index (χ1n) is 7.78. The smallest absolute Gasteiger partial charge is 0.255 e. The third-order valence-electron chi connectivity index (χ3n) is 3.65. The van der Waals surface area contributed by atoms with Crippen molar-refractivity contribution >= 4 is 16.9 Å². The Balaban J connectivity index is 1.95. The zero-order chi connectivity index (χ0) is 18.7. The molecule has 0 saturated heterocycles. The van der Waals surface area contributed by atoms with Crippen LogP contribution in [0.1, 0.15) is 5.76 Å². The number of ether oxygens (including phenoxy) is 3. The van der Waals surface area contributed by atoms with Crippen LogP contribution < -0.4 is 25.4 Å². The van der Waals surface area contributed by atoms with Crippen LogP contribution >= 0.6 is 0 Å². The number of primary amides is 1. The predicted octanol–water partition coefficient (Wildman–Crippen LogP) is 2.77. The van der Waals surface area contributed by atoms with Crippen molar-refractivity contribution in [3.63, 3.8) is 0 Å². The predicted molar refractivity (Wildman–Crippen MR) is 95.0 cm³/mol. The molecule has 2 aromatic carbocycles. The highest BCUT2D eigenvalue weighted by Crippen LogP contribution is 2.28. The van der Waals surface area contributed by atoms with Crippen molar-refractivity contribution in [3.05, 3.63) is 58.4 Å². The van der Waals surface area contributed by atoms with E-state index >= 15 is 0 Å². The average Bonchev–Trinajstić information content (AvgIpc) is 2.63. The molecule has 7 heteroatoms. The number of carbonyl (C=O) groups excluding carboxylic acids is 1. The summed E-state index contributed by atoms with van der Waals surface area (Å²) in [6, 6.07) is 11.5. The lowest BCUT2D eigenvalue weighted by Crippen LogP contribution is -2.20. The van der Waals surface area contributed by atoms with Gasteiger partial charge in [0.25, 0.3) is 5.91 Å². The zero-order valence-corrected chi connectivity index (χ0v) is 14.3. The Kier molecular flexibility index (Phi) is 4.79. The van der Waals surface area contributed by atoms with Crippen molar-refractivity contribution in [3.8, 4) is 23.0 Å². The van der Waals surface area contributed by atoms with Crippen molar-refractivity contribution in [2.75, 3.05) is 13.7 Å². The number of benzene rings is 2. The lowest BCUT2D eigenvalue weighted by molar-refractivity contribution is -0.119. The van der Waals surface area contributed by atoms with Crippen LogP contribution in [0.5, 0.6) is 23.0 Å². The highest BCUT2D eigenvalue weighted by Gasteiger charge is 2.15. The number of nitrogens with two attached hydrogens (primary N) is 1. The maximum Gasteiger partial charge on any atom is 0.255 e. The van der Waals surface area contributed by atoms with Gasteiger partial charge in [0.2, 0.25) is 11.2 Å². The van der Waals surface area contributed by atoms with E-state index in [-0.39, 0.29) is 17.8 Å². The van der Waals surface area contributed by atoms with E-state index in [2.05, 4.69) is 0 Å². The van der Waals surface area contributed by atoms with Gasteiger partial charge in [0.1, 0.15) is 28.6 Å². The Morgan fingerprint density at radius 2 is 1.73 bits per heavy atom. The van der Waals surface area contributed by atoms with Gasteiger partial charge in [-0.2, -0.15) is 0 Å². The first-order valence-corrected chi connectivity index (χ1v) is 7.78. The quantitative estimate of drug-likeness (QED) is 0.730. The molecule has 7 nitrogen and oxygen atoms in total. The van der Waals surface area contributed by atoms with Crippen LogP contribution in [0.3, 0.4) is 0 Å². The minimum Gasteiger partial charge on any atom is -0.497 e. The van der Waals surface area contributed by atoms with Crippen LogP contribution in [0.25, 0.3) is 11.0 Å². The Morgan fingerprint density at radius 1 is 1.08 bits per heavy atom. The molecule has 0 fully saturated rings. The van der Waals surface area contributed by atoms with Gasteiger partial charge in [0.15, 0.2) is 6.61 Å². The molecule has 0 radical (unpaired) electrons. The number of hydrogen-bond donors (Lipinski definition) is 1. The highest BCUT2D eigenvalue weighted by molar-refractivity contribution is 5.80. The first-order chi connectivity index (χ1) is 12.5. The second-order valence-electron chi connectivity index (χ2n) is 5.51. The van der Waals surface area contributed by atoms with Gasteiger partial charge in [-0.3, -0.25) is 9.59 Å². The molecule has 0 aliphatic heterocycles. The van der Waals surface area contributed by atoms with Crippen LogP contribution in [0.2, 0.25) is 0 Å². The summed E-state index contributed by atoms with van der Waals surface area (Å²) in [4.78, 5) is 23.5. The van der Waals surface area contributed by atoms with E-state index in [1.807, 2.05) is 0 Å². The lowest BCUT2D eigenvalue weighted by Gasteiger charge is -2.10. The van der Waals surface area contributed by atoms with Crippen LogP contribution in [0.4, 0.5) is 0 Å². The molecule has 26 heavy (non-hydrogen) atoms. The zero-order valence-electron chi connectivity index (χ0n) is 14.3. The van der Waals surface area contributed by atoms with Crippen LogP contribution in [0.15, 0.2) is 51.7 Å². The number of amides is 1. The Bertz CT molecular complexity index is 1010. The minimum absolute atomic E-state index is 0.105. The number of fused-ring (bicyclic) bond motifs is 1. The van der Waals surface area contributed by atoms with Crippen molar-refractivity contribution in [2.45, 2.75) is 6.92 Å². The lowest BCUT2D eigenvalue weighted by atomic mass is 10.2. The van der Waals surface area contributed by atoms with Crippen molar-refractivity contribution in [1.82, 2.24) is 0 Å². The fourth-order valence-corrected chi connectivity index (χ4v) is 2.39. The van der Waals surface area contributed by atoms with Crippen LogP contribution in [-0.4, -0.2) is 19.6 Å². The van der Waals surface area contributed by atoms with Gasteiger partial charge in [-0.1, -0.05) is 0 Å². The van der Waals surface area contributed by atoms with Crippen molar-refractivity contribution in [2.24, 2.45) is 5.73 Å². The van der Waals surface area contributed by atoms with E-state index in [0.29, 0.717) is 34.0 Å². The van der Waals surface area contributed by atoms with Gasteiger partial charge >= 0.3 is 0 Å². The fraction of sp³-hybridized carbons (Fsp3) is 0.158. The summed E-state index contributed by atoms with van der Waals surface area (Å²) in [5.41, 5.74) is 5.08. The molecular formula is C19H17NO6. The Morgan fingerprint density at radius 3 is 2.38 bits per heavy atom. The van der Waals surface area contributed by atoms with E-state index < -0.39 is 5.91 Å². The molecule has 3 rings (SSSR count). The van der Waals surface area contributed by atoms with E-state index in [9.17, 15) is 9.59 Å². The SMILES string of the molecule is COc1ccc(Oc2c(C)oc3cc(OCC(N)=O)ccc3c2=O)cc1. The molecule has 0 atom stereocenters. The van der Waals surface area contributed by atoms with E-state index in [0.717, 1.165) is 0 Å². The topological polar surface area (TPSA) is 101 Å². The maximum absolute atomic E-state index is 12.7. The number of rotatable bonds is 6. The summed E-state index contributed by atoms with van der Waals surface area (Å²) >= 11 is 0. The number of hydrogen-bond acceptors (Lipinski definition) is 6. The summed E-state index contributed by atoms with van der Waals surface area (Å²) in [7, 11) is 1.57. The normalized spacial score (nSPS) is 10.5. The average molecular weight is 355 g/mol. The molecule has 0 spiro atoms. The Labute approximate surface area is 148 Å². The second kappa shape index (κ2) is 7.18. The van der Waals surface area contributed by atoms with Gasteiger partial charge in [0, 0.05) is 6.07 Å². The molecule has 134 valence electrons. The molecule has 3 aromatic rings. The van der Waals surface area contributed by atoms with E-state index in [1.54, 1.807) is 50.4 Å². The summed E-state index contributed by atoms with van der Waals surface area (Å²) < 4.78 is 21.7. The summed E-state index contributed by atoms with van der Waals surface area (Å²) in [5.74, 6) is 1.39. The van der Waals surface area contributed by atoms with Gasteiger partial charge in [-0.25, -0.2) is 0 Å². The standard InChI is InChI=1S/C19H17NO6/c1-11-19(26-13-5-3-12(23-2)4-6-13)18(22)15-8-7-14(9-16(15)25-11)24-10-17(20)21/h3-9H,10H2,1-2H3,(H2,20,21). The van der Waals surface area contributed by atoms with Gasteiger partial charge in [-0.15, -0.1) is 0 Å². The summed E-state index contributed by atoms with van der Waals surface area (Å²) in [6.07, 6.45) is 0. The summed E-state index contributed by atoms with van der Waals surface area (Å²) in [5, 5.41) is 0.338. The Hall–Kier alpha value is -3.48. The number of carbonyl (C=O) groups is 1. The van der Waals surface area contributed by atoms with E-state index in [1.165, 1.54) is 6.07 Å². The second-order valence-corrected chi connectivity index (χ2v) is 5.51. The molecule has 0 aliphatic rings. The summed E-state index contributed by atoms with van der Waals surface area (Å²) in [6.45, 7) is 1.38. The van der Waals surface area contributed by atoms with Crippen LogP contribution in [-0.2, 0) is 4.79 Å². The van der Waals surface area contributed by atoms with Gasteiger partial charge in [0.05, 0.1) is 12.5 Å². The fourth-order valence-electron chi connectivity index (χ4n) is 2.39. The molecule has 0 aliphatic carbocycles. The molecule has 2 N–H and O–H groups in total. The first kappa shape index (κ1) is 17.3. The minimum atomic E-state index is -0.592. The molecule has 1 aromatic heterocycles. The third-order valence-corrected chi connectivity index (χ3v) is 3.65. The number of aryl methyl sites for hydroxylation is 1. The number of methoxy groups -OCH3 is 1. The molecule has 0 bridgehead atoms. The molecular weight excluding hydrogens is 338 g/mol. The molecule has 1 heterocycles. The van der Waals surface area contributed by atoms with Crippen LogP contribution in [0, 0.1) is 6.92 Å². The molecule has 0 saturated carbocycles. The third kappa shape index (κ3) is 3.61. The van der Waals surface area contributed by atoms with Crippen molar-refractivity contribution < 1.29 is 23.4 Å². The van der Waals surface area contributed by atoms with E-state index in [4.69, 9.17) is 24.4 Å². The monoisotopic (exact) mass is 355 g/mol. The van der Waals surface area contributed by atoms with Gasteiger partial charge < -0.3 is 24.4 Å².